The number of hydrogen-bond acceptors (Lipinski definition) is 5. The number of hydrogen-bond donors (Lipinski definition) is 0. The molecule has 2 atom stereocenters. The molecule has 0 saturated carbocycles. The maximum absolute atomic E-state index is 12.6. The number of imidazole rings is 1. The number of aromatic nitrogens is 2. The molecule has 8 heteroatoms. The molecule has 1 aliphatic rings. The summed E-state index contributed by atoms with van der Waals surface area (Å²) in [6.07, 6.45) is 1.54. The van der Waals surface area contributed by atoms with E-state index in [1.807, 2.05) is 13.8 Å². The van der Waals surface area contributed by atoms with Gasteiger partial charge in [0.25, 0.3) is 10.0 Å². The highest BCUT2D eigenvalue weighted by molar-refractivity contribution is 7.89. The second-order valence-electron chi connectivity index (χ2n) is 5.34. The van der Waals surface area contributed by atoms with Gasteiger partial charge in [0.15, 0.2) is 5.03 Å². The lowest BCUT2D eigenvalue weighted by atomic mass is 9.99. The molecule has 118 valence electrons. The van der Waals surface area contributed by atoms with Gasteiger partial charge in [0.1, 0.15) is 5.82 Å². The van der Waals surface area contributed by atoms with Gasteiger partial charge in [-0.15, -0.1) is 0 Å². The van der Waals surface area contributed by atoms with E-state index >= 15 is 0 Å². The molecular formula is C13H21N3O4S. The maximum atomic E-state index is 12.6. The van der Waals surface area contributed by atoms with E-state index in [1.165, 1.54) is 11.4 Å². The second-order valence-corrected chi connectivity index (χ2v) is 7.23. The fourth-order valence-corrected chi connectivity index (χ4v) is 4.19. The van der Waals surface area contributed by atoms with E-state index in [9.17, 15) is 13.2 Å². The lowest BCUT2D eigenvalue weighted by Crippen LogP contribution is -2.30. The fourth-order valence-electron chi connectivity index (χ4n) is 2.63. The summed E-state index contributed by atoms with van der Waals surface area (Å²) in [6, 6.07) is 0. The number of sulfonamides is 1. The number of methoxy groups -OCH3 is 1. The Morgan fingerprint density at radius 1 is 1.48 bits per heavy atom. The minimum Gasteiger partial charge on any atom is -0.469 e. The Hall–Kier alpha value is -1.41. The molecular weight excluding hydrogens is 294 g/mol. The van der Waals surface area contributed by atoms with Crippen LogP contribution in [-0.2, 0) is 26.1 Å². The van der Waals surface area contributed by atoms with Crippen LogP contribution < -0.4 is 0 Å². The monoisotopic (exact) mass is 315 g/mol. The molecule has 0 amide bonds. The number of esters is 1. The molecule has 0 radical (unpaired) electrons. The van der Waals surface area contributed by atoms with E-state index in [-0.39, 0.29) is 23.5 Å². The second kappa shape index (κ2) is 5.76. The molecule has 0 aliphatic carbocycles. The zero-order valence-corrected chi connectivity index (χ0v) is 13.6. The lowest BCUT2D eigenvalue weighted by molar-refractivity contribution is -0.145. The summed E-state index contributed by atoms with van der Waals surface area (Å²) in [6.45, 7) is 6.67. The van der Waals surface area contributed by atoms with Gasteiger partial charge in [0, 0.05) is 25.8 Å². The number of ether oxygens (including phenoxy) is 1. The van der Waals surface area contributed by atoms with Gasteiger partial charge in [-0.3, -0.25) is 4.79 Å². The first-order chi connectivity index (χ1) is 9.81. The van der Waals surface area contributed by atoms with Crippen LogP contribution >= 0.6 is 0 Å². The summed E-state index contributed by atoms with van der Waals surface area (Å²) < 4.78 is 33.1. The zero-order valence-electron chi connectivity index (χ0n) is 12.7. The van der Waals surface area contributed by atoms with Gasteiger partial charge in [-0.05, 0) is 19.8 Å². The van der Waals surface area contributed by atoms with Crippen molar-refractivity contribution in [3.63, 3.8) is 0 Å². The van der Waals surface area contributed by atoms with Gasteiger partial charge in [0.2, 0.25) is 0 Å². The Bertz CT molecular complexity index is 638. The van der Waals surface area contributed by atoms with Crippen LogP contribution in [0.5, 0.6) is 0 Å². The van der Waals surface area contributed by atoms with Crippen LogP contribution in [0, 0.1) is 18.8 Å². The topological polar surface area (TPSA) is 81.5 Å². The lowest BCUT2D eigenvalue weighted by Gasteiger charge is -2.14. The van der Waals surface area contributed by atoms with Crippen molar-refractivity contribution in [2.45, 2.75) is 32.3 Å². The predicted octanol–water partition coefficient (Wildman–Crippen LogP) is 0.641. The molecule has 21 heavy (non-hydrogen) atoms. The van der Waals surface area contributed by atoms with Crippen molar-refractivity contribution in [2.75, 3.05) is 20.2 Å². The normalized spacial score (nSPS) is 23.4. The van der Waals surface area contributed by atoms with E-state index in [0.29, 0.717) is 18.9 Å². The highest BCUT2D eigenvalue weighted by Gasteiger charge is 2.42. The summed E-state index contributed by atoms with van der Waals surface area (Å²) in [5, 5.41) is 0.0413. The number of carbonyl (C=O) groups excluding carboxylic acids is 1. The van der Waals surface area contributed by atoms with Crippen LogP contribution in [0.4, 0.5) is 0 Å². The molecule has 1 aliphatic heterocycles. The molecule has 0 aromatic carbocycles. The first-order valence-corrected chi connectivity index (χ1v) is 8.37. The Kier molecular flexibility index (Phi) is 4.38. The minimum atomic E-state index is -3.66. The third-order valence-corrected chi connectivity index (χ3v) is 5.68. The standard InChI is InChI=1S/C13H21N3O4S/c1-5-15-8-12(14-10(15)3)21(18,19)16-6-9(2)11(7-16)13(17)20-4/h8-9,11H,5-7H2,1-4H3. The van der Waals surface area contributed by atoms with Crippen LogP contribution in [0.15, 0.2) is 11.2 Å². The van der Waals surface area contributed by atoms with Crippen molar-refractivity contribution >= 4 is 16.0 Å². The van der Waals surface area contributed by atoms with E-state index in [2.05, 4.69) is 4.98 Å². The summed E-state index contributed by atoms with van der Waals surface area (Å²) >= 11 is 0. The first-order valence-electron chi connectivity index (χ1n) is 6.93. The average molecular weight is 315 g/mol. The van der Waals surface area contributed by atoms with Gasteiger partial charge in [0.05, 0.1) is 13.0 Å². The fraction of sp³-hybridized carbons (Fsp3) is 0.692. The van der Waals surface area contributed by atoms with Gasteiger partial charge in [-0.2, -0.15) is 4.31 Å². The highest BCUT2D eigenvalue weighted by Crippen LogP contribution is 2.29. The minimum absolute atomic E-state index is 0.0413. The van der Waals surface area contributed by atoms with Crippen molar-refractivity contribution < 1.29 is 17.9 Å². The summed E-state index contributed by atoms with van der Waals surface area (Å²) in [7, 11) is -2.35. The quantitative estimate of drug-likeness (QED) is 0.762. The molecule has 7 nitrogen and oxygen atoms in total. The van der Waals surface area contributed by atoms with Crippen molar-refractivity contribution in [3.05, 3.63) is 12.0 Å². The summed E-state index contributed by atoms with van der Waals surface area (Å²) in [5.74, 6) is -0.191. The average Bonchev–Trinajstić information content (AvgIpc) is 3.01. The van der Waals surface area contributed by atoms with Crippen LogP contribution in [0.25, 0.3) is 0 Å². The number of aryl methyl sites for hydroxylation is 2. The summed E-state index contributed by atoms with van der Waals surface area (Å²) in [5.41, 5.74) is 0. The molecule has 0 N–H and O–H groups in total. The van der Waals surface area contributed by atoms with Gasteiger partial charge in [-0.25, -0.2) is 13.4 Å². The van der Waals surface area contributed by atoms with Crippen molar-refractivity contribution in [3.8, 4) is 0 Å². The Morgan fingerprint density at radius 3 is 2.67 bits per heavy atom. The maximum Gasteiger partial charge on any atom is 0.310 e. The van der Waals surface area contributed by atoms with Crippen LogP contribution in [0.2, 0.25) is 0 Å². The van der Waals surface area contributed by atoms with E-state index in [0.717, 1.165) is 0 Å². The highest BCUT2D eigenvalue weighted by atomic mass is 32.2. The summed E-state index contributed by atoms with van der Waals surface area (Å²) in [4.78, 5) is 15.8. The third kappa shape index (κ3) is 2.82. The molecule has 1 aromatic rings. The van der Waals surface area contributed by atoms with Crippen molar-refractivity contribution in [2.24, 2.45) is 11.8 Å². The molecule has 2 rings (SSSR count). The van der Waals surface area contributed by atoms with Crippen LogP contribution in [0.3, 0.4) is 0 Å². The first kappa shape index (κ1) is 16.0. The number of rotatable bonds is 4. The predicted molar refractivity (Wildman–Crippen MR) is 76.1 cm³/mol. The molecule has 1 saturated heterocycles. The van der Waals surface area contributed by atoms with E-state index in [4.69, 9.17) is 4.74 Å². The molecule has 0 bridgehead atoms. The third-order valence-electron chi connectivity index (χ3n) is 3.98. The Balaban J connectivity index is 2.26. The SMILES string of the molecule is CCn1cc(S(=O)(=O)N2CC(C)C(C(=O)OC)C2)nc1C. The smallest absolute Gasteiger partial charge is 0.310 e. The van der Waals surface area contributed by atoms with Gasteiger partial charge in [-0.1, -0.05) is 6.92 Å². The van der Waals surface area contributed by atoms with E-state index < -0.39 is 15.9 Å². The molecule has 1 aromatic heterocycles. The number of carbonyl (C=O) groups is 1. The number of nitrogens with zero attached hydrogens (tertiary/aromatic N) is 3. The Morgan fingerprint density at radius 2 is 2.14 bits per heavy atom. The van der Waals surface area contributed by atoms with Gasteiger partial charge >= 0.3 is 5.97 Å². The van der Waals surface area contributed by atoms with Crippen LogP contribution in [0.1, 0.15) is 19.7 Å². The molecule has 0 spiro atoms. The Labute approximate surface area is 125 Å². The van der Waals surface area contributed by atoms with Crippen LogP contribution in [-0.4, -0.2) is 48.4 Å². The van der Waals surface area contributed by atoms with Gasteiger partial charge < -0.3 is 9.30 Å². The van der Waals surface area contributed by atoms with Crippen molar-refractivity contribution in [1.29, 1.82) is 0 Å². The molecule has 1 fully saturated rings. The van der Waals surface area contributed by atoms with Crippen molar-refractivity contribution in [1.82, 2.24) is 13.9 Å². The molecule has 2 unspecified atom stereocenters. The largest absolute Gasteiger partial charge is 0.469 e. The molecule has 2 heterocycles. The zero-order chi connectivity index (χ0) is 15.8. The van der Waals surface area contributed by atoms with E-state index in [1.54, 1.807) is 17.7 Å².